The van der Waals surface area contributed by atoms with E-state index in [4.69, 9.17) is 5.10 Å². The van der Waals surface area contributed by atoms with E-state index in [1.165, 1.54) is 12.0 Å². The molecule has 1 saturated carbocycles. The molecule has 0 N–H and O–H groups in total. The van der Waals surface area contributed by atoms with Crippen molar-refractivity contribution in [3.05, 3.63) is 41.6 Å². The van der Waals surface area contributed by atoms with Crippen molar-refractivity contribution in [1.29, 1.82) is 0 Å². The highest BCUT2D eigenvalue weighted by atomic mass is 16.2. The topological polar surface area (TPSA) is 41.4 Å². The molecule has 1 aliphatic rings. The second kappa shape index (κ2) is 8.80. The molecule has 3 rings (SSSR count). The minimum Gasteiger partial charge on any atom is -0.362 e. The number of anilines is 1. The lowest BCUT2D eigenvalue weighted by atomic mass is 9.84. The Kier molecular flexibility index (Phi) is 6.42. The molecule has 5 heteroatoms. The lowest BCUT2D eigenvalue weighted by Gasteiger charge is -2.33. The minimum absolute atomic E-state index is 0.218. The van der Waals surface area contributed by atoms with Crippen molar-refractivity contribution in [3.63, 3.8) is 0 Å². The molecule has 0 unspecified atom stereocenters. The second-order valence-electron chi connectivity index (χ2n) is 8.48. The van der Waals surface area contributed by atoms with Crippen LogP contribution in [0.1, 0.15) is 51.3 Å². The van der Waals surface area contributed by atoms with Gasteiger partial charge in [0.05, 0.1) is 17.9 Å². The molecule has 0 bridgehead atoms. The van der Waals surface area contributed by atoms with Gasteiger partial charge in [-0.3, -0.25) is 4.79 Å². The first-order valence-corrected chi connectivity index (χ1v) is 10.5. The summed E-state index contributed by atoms with van der Waals surface area (Å²) in [5, 5.41) is 4.93. The third-order valence-electron chi connectivity index (χ3n) is 5.50. The highest BCUT2D eigenvalue weighted by Gasteiger charge is 2.31. The second-order valence-corrected chi connectivity index (χ2v) is 8.48. The van der Waals surface area contributed by atoms with Gasteiger partial charge in [0.25, 0.3) is 0 Å². The number of hydrogen-bond acceptors (Lipinski definition) is 3. The first-order chi connectivity index (χ1) is 13.4. The van der Waals surface area contributed by atoms with Gasteiger partial charge in [0, 0.05) is 32.1 Å². The lowest BCUT2D eigenvalue weighted by Crippen LogP contribution is -2.40. The van der Waals surface area contributed by atoms with Gasteiger partial charge in [-0.2, -0.15) is 5.10 Å². The third kappa shape index (κ3) is 4.23. The summed E-state index contributed by atoms with van der Waals surface area (Å²) in [5.74, 6) is 2.05. The van der Waals surface area contributed by atoms with Gasteiger partial charge >= 0.3 is 0 Å². The summed E-state index contributed by atoms with van der Waals surface area (Å²) in [6, 6.07) is 10.2. The fourth-order valence-corrected chi connectivity index (χ4v) is 3.92. The van der Waals surface area contributed by atoms with Gasteiger partial charge in [-0.1, -0.05) is 45.4 Å². The Labute approximate surface area is 169 Å². The number of carbonyl (C=O) groups excluding carboxylic acids is 1. The summed E-state index contributed by atoms with van der Waals surface area (Å²) in [4.78, 5) is 17.3. The van der Waals surface area contributed by atoms with Crippen molar-refractivity contribution in [2.75, 3.05) is 25.5 Å². The number of aromatic nitrogens is 2. The van der Waals surface area contributed by atoms with E-state index in [2.05, 4.69) is 56.8 Å². The van der Waals surface area contributed by atoms with Crippen LogP contribution in [0.5, 0.6) is 0 Å². The van der Waals surface area contributed by atoms with Crippen molar-refractivity contribution >= 4 is 11.7 Å². The molecular weight excluding hydrogens is 348 g/mol. The van der Waals surface area contributed by atoms with Crippen LogP contribution < -0.4 is 4.90 Å². The van der Waals surface area contributed by atoms with Crippen LogP contribution in [0, 0.1) is 11.8 Å². The first kappa shape index (κ1) is 20.4. The quantitative estimate of drug-likeness (QED) is 0.684. The van der Waals surface area contributed by atoms with Crippen LogP contribution in [0.15, 0.2) is 30.3 Å². The molecule has 1 amide bonds. The Morgan fingerprint density at radius 3 is 2.39 bits per heavy atom. The number of para-hydroxylation sites is 1. The Balaban J connectivity index is 2.00. The van der Waals surface area contributed by atoms with Crippen LogP contribution in [0.25, 0.3) is 5.69 Å². The van der Waals surface area contributed by atoms with Crippen molar-refractivity contribution in [3.8, 4) is 5.69 Å². The molecule has 0 atom stereocenters. The molecule has 5 nitrogen and oxygen atoms in total. The summed E-state index contributed by atoms with van der Waals surface area (Å²) in [6.07, 6.45) is 4.11. The number of rotatable bonds is 8. The van der Waals surface area contributed by atoms with E-state index in [1.807, 2.05) is 22.9 Å². The molecule has 1 heterocycles. The third-order valence-corrected chi connectivity index (χ3v) is 5.50. The Bertz CT molecular complexity index is 790. The first-order valence-electron chi connectivity index (χ1n) is 10.5. The van der Waals surface area contributed by atoms with Crippen molar-refractivity contribution in [1.82, 2.24) is 14.7 Å². The maximum Gasteiger partial charge on any atom is 0.225 e. The molecule has 0 aliphatic heterocycles. The molecule has 1 aromatic heterocycles. The summed E-state index contributed by atoms with van der Waals surface area (Å²) in [6.45, 7) is 7.93. The van der Waals surface area contributed by atoms with Crippen molar-refractivity contribution in [2.45, 2.75) is 53.0 Å². The normalized spacial score (nSPS) is 14.2. The number of hydrogen-bond donors (Lipinski definition) is 0. The average Bonchev–Trinajstić information content (AvgIpc) is 2.98. The molecule has 152 valence electrons. The van der Waals surface area contributed by atoms with E-state index in [0.717, 1.165) is 43.0 Å². The minimum atomic E-state index is 0.218. The fourth-order valence-electron chi connectivity index (χ4n) is 3.92. The summed E-state index contributed by atoms with van der Waals surface area (Å²) in [5.41, 5.74) is 3.29. The van der Waals surface area contributed by atoms with Crippen LogP contribution in [0.4, 0.5) is 5.82 Å². The van der Waals surface area contributed by atoms with E-state index < -0.39 is 0 Å². The van der Waals surface area contributed by atoms with E-state index >= 15 is 0 Å². The van der Waals surface area contributed by atoms with Crippen LogP contribution in [0.2, 0.25) is 0 Å². The van der Waals surface area contributed by atoms with E-state index in [-0.39, 0.29) is 5.92 Å². The molecule has 2 aromatic rings. The van der Waals surface area contributed by atoms with Crippen LogP contribution in [-0.4, -0.2) is 41.2 Å². The molecule has 0 spiro atoms. The number of aryl methyl sites for hydroxylation is 1. The van der Waals surface area contributed by atoms with Gasteiger partial charge in [0.2, 0.25) is 5.91 Å². The average molecular weight is 383 g/mol. The monoisotopic (exact) mass is 382 g/mol. The molecule has 0 radical (unpaired) electrons. The van der Waals surface area contributed by atoms with Crippen LogP contribution in [0.3, 0.4) is 0 Å². The Hall–Kier alpha value is -2.30. The van der Waals surface area contributed by atoms with Gasteiger partial charge < -0.3 is 9.80 Å². The van der Waals surface area contributed by atoms with E-state index in [0.29, 0.717) is 18.4 Å². The van der Waals surface area contributed by atoms with Gasteiger partial charge in [0.1, 0.15) is 5.82 Å². The largest absolute Gasteiger partial charge is 0.362 e. The zero-order valence-electron chi connectivity index (χ0n) is 18.0. The zero-order chi connectivity index (χ0) is 20.3. The molecule has 0 saturated heterocycles. The highest BCUT2D eigenvalue weighted by molar-refractivity contribution is 5.80. The Morgan fingerprint density at radius 1 is 1.21 bits per heavy atom. The van der Waals surface area contributed by atoms with Gasteiger partial charge in [-0.05, 0) is 37.3 Å². The molecule has 1 aliphatic carbocycles. The van der Waals surface area contributed by atoms with Gasteiger partial charge in [-0.25, -0.2) is 4.68 Å². The standard InChI is InChI=1S/C23H34N4O/c1-6-21-20(16-26(15-17(2)3)23(28)18-11-10-12-18)22(25(4)5)27(24-21)19-13-8-7-9-14-19/h7-9,13-14,17-18H,6,10-12,15-16H2,1-5H3. The fraction of sp³-hybridized carbons (Fsp3) is 0.565. The predicted molar refractivity (Wildman–Crippen MR) is 115 cm³/mol. The number of benzene rings is 1. The van der Waals surface area contributed by atoms with E-state index in [9.17, 15) is 4.79 Å². The summed E-state index contributed by atoms with van der Waals surface area (Å²) in [7, 11) is 4.11. The predicted octanol–water partition coefficient (Wildman–Crippen LogP) is 4.29. The summed E-state index contributed by atoms with van der Waals surface area (Å²) < 4.78 is 2.02. The maximum absolute atomic E-state index is 13.1. The van der Waals surface area contributed by atoms with Crippen LogP contribution in [-0.2, 0) is 17.8 Å². The van der Waals surface area contributed by atoms with Crippen molar-refractivity contribution < 1.29 is 4.79 Å². The number of amides is 1. The lowest BCUT2D eigenvalue weighted by molar-refractivity contribution is -0.139. The van der Waals surface area contributed by atoms with Gasteiger partial charge in [-0.15, -0.1) is 0 Å². The summed E-state index contributed by atoms with van der Waals surface area (Å²) >= 11 is 0. The van der Waals surface area contributed by atoms with E-state index in [1.54, 1.807) is 0 Å². The van der Waals surface area contributed by atoms with Crippen molar-refractivity contribution in [2.24, 2.45) is 11.8 Å². The molecule has 28 heavy (non-hydrogen) atoms. The highest BCUT2D eigenvalue weighted by Crippen LogP contribution is 2.32. The molecular formula is C23H34N4O. The SMILES string of the molecule is CCc1nn(-c2ccccc2)c(N(C)C)c1CN(CC(C)C)C(=O)C1CCC1. The number of nitrogens with zero attached hydrogens (tertiary/aromatic N) is 4. The Morgan fingerprint density at radius 2 is 1.89 bits per heavy atom. The van der Waals surface area contributed by atoms with Gasteiger partial charge in [0.15, 0.2) is 0 Å². The number of carbonyl (C=O) groups is 1. The maximum atomic E-state index is 13.1. The molecule has 1 aromatic carbocycles. The smallest absolute Gasteiger partial charge is 0.225 e. The zero-order valence-corrected chi connectivity index (χ0v) is 18.0. The molecule has 1 fully saturated rings. The van der Waals surface area contributed by atoms with Crippen LogP contribution >= 0.6 is 0 Å².